The zero-order valence-corrected chi connectivity index (χ0v) is 14.0. The number of likely N-dealkylation sites (tertiary alicyclic amines) is 1. The highest BCUT2D eigenvalue weighted by Gasteiger charge is 2.30. The van der Waals surface area contributed by atoms with Gasteiger partial charge in [0.05, 0.1) is 0 Å². The molecule has 3 atom stereocenters. The molecule has 2 nitrogen and oxygen atoms in total. The topological polar surface area (TPSA) is 15.3 Å². The van der Waals surface area contributed by atoms with Gasteiger partial charge in [-0.3, -0.25) is 4.90 Å². The lowest BCUT2D eigenvalue weighted by molar-refractivity contribution is 0.0753. The molecule has 1 aliphatic carbocycles. The van der Waals surface area contributed by atoms with Crippen LogP contribution < -0.4 is 5.32 Å². The van der Waals surface area contributed by atoms with Crippen molar-refractivity contribution >= 4 is 0 Å². The predicted octanol–water partition coefficient (Wildman–Crippen LogP) is 4.20. The summed E-state index contributed by atoms with van der Waals surface area (Å²) in [6.45, 7) is 9.64. The van der Waals surface area contributed by atoms with E-state index in [1.54, 1.807) is 0 Å². The fraction of sp³-hybridized carbons (Fsp3) is 1.00. The highest BCUT2D eigenvalue weighted by atomic mass is 15.2. The number of piperidine rings is 1. The Balaban J connectivity index is 1.94. The van der Waals surface area contributed by atoms with Gasteiger partial charge in [-0.1, -0.05) is 32.6 Å². The molecule has 0 amide bonds. The van der Waals surface area contributed by atoms with Gasteiger partial charge in [0.2, 0.25) is 0 Å². The van der Waals surface area contributed by atoms with E-state index in [0.717, 1.165) is 24.0 Å². The minimum Gasteiger partial charge on any atom is -0.312 e. The SMILES string of the molecule is CCCNC(CN1C(C)CCCC1C)C1CCCCC1. The van der Waals surface area contributed by atoms with Gasteiger partial charge in [0, 0.05) is 24.7 Å². The third-order valence-corrected chi connectivity index (χ3v) is 5.66. The number of hydrogen-bond donors (Lipinski definition) is 1. The lowest BCUT2D eigenvalue weighted by atomic mass is 9.83. The Hall–Kier alpha value is -0.0800. The first-order valence-corrected chi connectivity index (χ1v) is 9.21. The minimum atomic E-state index is 0.734. The third-order valence-electron chi connectivity index (χ3n) is 5.66. The molecule has 20 heavy (non-hydrogen) atoms. The van der Waals surface area contributed by atoms with E-state index in [4.69, 9.17) is 0 Å². The predicted molar refractivity (Wildman–Crippen MR) is 88.1 cm³/mol. The van der Waals surface area contributed by atoms with Gasteiger partial charge in [0.1, 0.15) is 0 Å². The maximum atomic E-state index is 3.89. The van der Waals surface area contributed by atoms with Crippen molar-refractivity contribution in [1.82, 2.24) is 10.2 Å². The van der Waals surface area contributed by atoms with Crippen molar-refractivity contribution in [2.45, 2.75) is 96.7 Å². The van der Waals surface area contributed by atoms with Gasteiger partial charge in [-0.2, -0.15) is 0 Å². The van der Waals surface area contributed by atoms with Crippen molar-refractivity contribution in [3.63, 3.8) is 0 Å². The van der Waals surface area contributed by atoms with Crippen LogP contribution in [-0.4, -0.2) is 36.1 Å². The maximum Gasteiger partial charge on any atom is 0.0223 e. The summed E-state index contributed by atoms with van der Waals surface area (Å²) in [7, 11) is 0. The lowest BCUT2D eigenvalue weighted by Gasteiger charge is -2.43. The summed E-state index contributed by atoms with van der Waals surface area (Å²) < 4.78 is 0. The molecule has 1 saturated carbocycles. The van der Waals surface area contributed by atoms with Crippen LogP contribution in [0.2, 0.25) is 0 Å². The number of hydrogen-bond acceptors (Lipinski definition) is 2. The second-order valence-corrected chi connectivity index (χ2v) is 7.28. The lowest BCUT2D eigenvalue weighted by Crippen LogP contribution is -2.53. The Morgan fingerprint density at radius 2 is 1.60 bits per heavy atom. The molecule has 3 unspecified atom stereocenters. The highest BCUT2D eigenvalue weighted by Crippen LogP contribution is 2.29. The van der Waals surface area contributed by atoms with Crippen molar-refractivity contribution in [3.05, 3.63) is 0 Å². The monoisotopic (exact) mass is 280 g/mol. The van der Waals surface area contributed by atoms with Crippen molar-refractivity contribution in [1.29, 1.82) is 0 Å². The van der Waals surface area contributed by atoms with Crippen molar-refractivity contribution in [2.24, 2.45) is 5.92 Å². The van der Waals surface area contributed by atoms with Crippen molar-refractivity contribution in [2.75, 3.05) is 13.1 Å². The molecule has 0 aromatic rings. The van der Waals surface area contributed by atoms with E-state index in [1.807, 2.05) is 0 Å². The van der Waals surface area contributed by atoms with E-state index in [9.17, 15) is 0 Å². The molecule has 0 bridgehead atoms. The highest BCUT2D eigenvalue weighted by molar-refractivity contribution is 4.87. The standard InChI is InChI=1S/C18H36N2/c1-4-13-19-18(17-11-6-5-7-12-17)14-20-15(2)9-8-10-16(20)3/h15-19H,4-14H2,1-3H3. The molecule has 0 aromatic carbocycles. The molecule has 1 saturated heterocycles. The van der Waals surface area contributed by atoms with Crippen LogP contribution in [0.25, 0.3) is 0 Å². The van der Waals surface area contributed by atoms with Crippen LogP contribution >= 0.6 is 0 Å². The Labute approximate surface area is 126 Å². The number of nitrogens with one attached hydrogen (secondary N) is 1. The van der Waals surface area contributed by atoms with Crippen molar-refractivity contribution in [3.8, 4) is 0 Å². The van der Waals surface area contributed by atoms with Gasteiger partial charge >= 0.3 is 0 Å². The quantitative estimate of drug-likeness (QED) is 0.784. The largest absolute Gasteiger partial charge is 0.312 e. The average Bonchev–Trinajstić information content (AvgIpc) is 2.47. The zero-order chi connectivity index (χ0) is 14.4. The summed E-state index contributed by atoms with van der Waals surface area (Å²) in [5, 5.41) is 3.89. The fourth-order valence-electron chi connectivity index (χ4n) is 4.31. The molecule has 1 aliphatic heterocycles. The Morgan fingerprint density at radius 3 is 2.20 bits per heavy atom. The third kappa shape index (κ3) is 4.46. The van der Waals surface area contributed by atoms with Crippen LogP contribution in [0.15, 0.2) is 0 Å². The van der Waals surface area contributed by atoms with E-state index < -0.39 is 0 Å². The summed E-state index contributed by atoms with van der Waals surface area (Å²) in [6.07, 6.45) is 12.8. The number of nitrogens with zero attached hydrogens (tertiary/aromatic N) is 1. The first-order chi connectivity index (χ1) is 9.72. The van der Waals surface area contributed by atoms with Gasteiger partial charge in [-0.25, -0.2) is 0 Å². The molecule has 1 N–H and O–H groups in total. The molecule has 1 heterocycles. The molecule has 0 spiro atoms. The van der Waals surface area contributed by atoms with Gasteiger partial charge < -0.3 is 5.32 Å². The molecule has 2 rings (SSSR count). The first kappa shape index (κ1) is 16.3. The summed E-state index contributed by atoms with van der Waals surface area (Å²) in [5.74, 6) is 0.927. The van der Waals surface area contributed by atoms with Crippen LogP contribution in [0, 0.1) is 5.92 Å². The van der Waals surface area contributed by atoms with Crippen LogP contribution in [0.1, 0.15) is 78.6 Å². The summed E-state index contributed by atoms with van der Waals surface area (Å²) in [5.41, 5.74) is 0. The molecular weight excluding hydrogens is 244 g/mol. The average molecular weight is 280 g/mol. The second kappa shape index (κ2) is 8.38. The molecule has 2 fully saturated rings. The number of rotatable bonds is 6. The van der Waals surface area contributed by atoms with E-state index in [0.29, 0.717) is 0 Å². The Morgan fingerprint density at radius 1 is 0.950 bits per heavy atom. The minimum absolute atomic E-state index is 0.734. The molecular formula is C18H36N2. The van der Waals surface area contributed by atoms with Gasteiger partial charge in [-0.05, 0) is 58.4 Å². The molecule has 118 valence electrons. The second-order valence-electron chi connectivity index (χ2n) is 7.28. The smallest absolute Gasteiger partial charge is 0.0223 e. The summed E-state index contributed by atoms with van der Waals surface area (Å²) >= 11 is 0. The van der Waals surface area contributed by atoms with E-state index >= 15 is 0 Å². The molecule has 2 heteroatoms. The van der Waals surface area contributed by atoms with Crippen LogP contribution in [0.5, 0.6) is 0 Å². The Bertz CT molecular complexity index is 250. The van der Waals surface area contributed by atoms with E-state index in [2.05, 4.69) is 31.0 Å². The van der Waals surface area contributed by atoms with Gasteiger partial charge in [0.25, 0.3) is 0 Å². The van der Waals surface area contributed by atoms with Crippen LogP contribution in [-0.2, 0) is 0 Å². The van der Waals surface area contributed by atoms with Crippen LogP contribution in [0.4, 0.5) is 0 Å². The van der Waals surface area contributed by atoms with Gasteiger partial charge in [0.15, 0.2) is 0 Å². The summed E-state index contributed by atoms with van der Waals surface area (Å²) in [4.78, 5) is 2.80. The zero-order valence-electron chi connectivity index (χ0n) is 14.0. The van der Waals surface area contributed by atoms with E-state index in [-0.39, 0.29) is 0 Å². The first-order valence-electron chi connectivity index (χ1n) is 9.21. The molecule has 2 aliphatic rings. The fourth-order valence-corrected chi connectivity index (χ4v) is 4.31. The van der Waals surface area contributed by atoms with Crippen molar-refractivity contribution < 1.29 is 0 Å². The Kier molecular flexibility index (Phi) is 6.83. The molecule has 0 radical (unpaired) electrons. The maximum absolute atomic E-state index is 3.89. The molecule has 0 aromatic heterocycles. The van der Waals surface area contributed by atoms with Crippen LogP contribution in [0.3, 0.4) is 0 Å². The normalized spacial score (nSPS) is 31.4. The van der Waals surface area contributed by atoms with E-state index in [1.165, 1.54) is 70.9 Å². The summed E-state index contributed by atoms with van der Waals surface area (Å²) in [6, 6.07) is 2.31. The van der Waals surface area contributed by atoms with Gasteiger partial charge in [-0.15, -0.1) is 0 Å².